The molecular formula is C19H23N3O5. The van der Waals surface area contributed by atoms with Gasteiger partial charge in [0.15, 0.2) is 11.5 Å². The molecule has 1 N–H and O–H groups in total. The number of methoxy groups -OCH3 is 3. The molecule has 3 rings (SSSR count). The van der Waals surface area contributed by atoms with E-state index in [1.54, 1.807) is 18.2 Å². The number of nitrogens with zero attached hydrogens (tertiary/aromatic N) is 2. The molecule has 1 aromatic heterocycles. The SMILES string of the molecule is COc1cc(CNC(=O)Cn2nc(C3CC3)ccc2=O)cc(OC)c1OC. The Labute approximate surface area is 157 Å². The van der Waals surface area contributed by atoms with Crippen molar-refractivity contribution in [3.05, 3.63) is 45.9 Å². The summed E-state index contributed by atoms with van der Waals surface area (Å²) in [5.41, 5.74) is 1.36. The summed E-state index contributed by atoms with van der Waals surface area (Å²) in [6.07, 6.45) is 2.16. The smallest absolute Gasteiger partial charge is 0.267 e. The fourth-order valence-electron chi connectivity index (χ4n) is 2.80. The van der Waals surface area contributed by atoms with Crippen LogP contribution in [0.3, 0.4) is 0 Å². The maximum atomic E-state index is 12.3. The Morgan fingerprint density at radius 2 is 1.81 bits per heavy atom. The minimum absolute atomic E-state index is 0.121. The van der Waals surface area contributed by atoms with E-state index >= 15 is 0 Å². The number of ether oxygens (including phenoxy) is 3. The van der Waals surface area contributed by atoms with Gasteiger partial charge in [-0.15, -0.1) is 0 Å². The summed E-state index contributed by atoms with van der Waals surface area (Å²) in [7, 11) is 4.59. The normalized spacial score (nSPS) is 13.1. The summed E-state index contributed by atoms with van der Waals surface area (Å²) < 4.78 is 17.1. The molecule has 1 aliphatic rings. The van der Waals surface area contributed by atoms with Crippen molar-refractivity contribution >= 4 is 5.91 Å². The molecule has 27 heavy (non-hydrogen) atoms. The molecule has 1 amide bonds. The Hall–Kier alpha value is -3.03. The second kappa shape index (κ2) is 8.11. The van der Waals surface area contributed by atoms with E-state index in [-0.39, 0.29) is 24.6 Å². The van der Waals surface area contributed by atoms with Gasteiger partial charge < -0.3 is 19.5 Å². The minimum atomic E-state index is -0.300. The molecule has 0 bridgehead atoms. The van der Waals surface area contributed by atoms with Crippen LogP contribution in [0.25, 0.3) is 0 Å². The Balaban J connectivity index is 1.67. The summed E-state index contributed by atoms with van der Waals surface area (Å²) >= 11 is 0. The lowest BCUT2D eigenvalue weighted by atomic mass is 10.1. The summed E-state index contributed by atoms with van der Waals surface area (Å²) in [5, 5.41) is 7.08. The number of amides is 1. The van der Waals surface area contributed by atoms with Gasteiger partial charge in [0.1, 0.15) is 6.54 Å². The van der Waals surface area contributed by atoms with E-state index < -0.39 is 0 Å². The van der Waals surface area contributed by atoms with Crippen LogP contribution in [-0.2, 0) is 17.9 Å². The highest BCUT2D eigenvalue weighted by atomic mass is 16.5. The number of aromatic nitrogens is 2. The third-order valence-electron chi connectivity index (χ3n) is 4.39. The summed E-state index contributed by atoms with van der Waals surface area (Å²) in [5.74, 6) is 1.63. The minimum Gasteiger partial charge on any atom is -0.493 e. The average Bonchev–Trinajstić information content (AvgIpc) is 3.52. The second-order valence-electron chi connectivity index (χ2n) is 6.34. The predicted molar refractivity (Wildman–Crippen MR) is 98.4 cm³/mol. The van der Waals surface area contributed by atoms with Crippen molar-refractivity contribution in [3.8, 4) is 17.2 Å². The van der Waals surface area contributed by atoms with Crippen molar-refractivity contribution < 1.29 is 19.0 Å². The van der Waals surface area contributed by atoms with E-state index in [0.717, 1.165) is 24.1 Å². The highest BCUT2D eigenvalue weighted by molar-refractivity contribution is 5.75. The Morgan fingerprint density at radius 3 is 2.37 bits per heavy atom. The van der Waals surface area contributed by atoms with E-state index in [1.807, 2.05) is 0 Å². The number of carbonyl (C=O) groups excluding carboxylic acids is 1. The van der Waals surface area contributed by atoms with Crippen LogP contribution in [0, 0.1) is 0 Å². The van der Waals surface area contributed by atoms with Gasteiger partial charge in [-0.2, -0.15) is 5.10 Å². The van der Waals surface area contributed by atoms with Gasteiger partial charge in [-0.25, -0.2) is 4.68 Å². The van der Waals surface area contributed by atoms with Crippen LogP contribution < -0.4 is 25.1 Å². The molecule has 0 spiro atoms. The zero-order valence-corrected chi connectivity index (χ0v) is 15.7. The van der Waals surface area contributed by atoms with E-state index in [2.05, 4.69) is 10.4 Å². The molecule has 1 fully saturated rings. The highest BCUT2D eigenvalue weighted by Crippen LogP contribution is 2.39. The van der Waals surface area contributed by atoms with Crippen molar-refractivity contribution in [2.75, 3.05) is 21.3 Å². The first-order chi connectivity index (χ1) is 13.0. The molecule has 144 valence electrons. The van der Waals surface area contributed by atoms with Crippen molar-refractivity contribution in [3.63, 3.8) is 0 Å². The van der Waals surface area contributed by atoms with Gasteiger partial charge >= 0.3 is 0 Å². The van der Waals surface area contributed by atoms with Crippen molar-refractivity contribution in [2.24, 2.45) is 0 Å². The molecule has 2 aromatic rings. The fourth-order valence-corrected chi connectivity index (χ4v) is 2.80. The van der Waals surface area contributed by atoms with Crippen molar-refractivity contribution in [1.29, 1.82) is 0 Å². The van der Waals surface area contributed by atoms with Crippen LogP contribution in [0.15, 0.2) is 29.1 Å². The summed E-state index contributed by atoms with van der Waals surface area (Å²) in [6.45, 7) is 0.135. The first-order valence-corrected chi connectivity index (χ1v) is 8.69. The lowest BCUT2D eigenvalue weighted by Gasteiger charge is -2.14. The number of rotatable bonds is 8. The molecule has 0 saturated heterocycles. The van der Waals surface area contributed by atoms with Gasteiger partial charge in [-0.05, 0) is 36.6 Å². The molecule has 1 saturated carbocycles. The molecule has 1 aliphatic carbocycles. The monoisotopic (exact) mass is 373 g/mol. The molecule has 0 atom stereocenters. The van der Waals surface area contributed by atoms with Crippen LogP contribution in [0.2, 0.25) is 0 Å². The van der Waals surface area contributed by atoms with Gasteiger partial charge in [0, 0.05) is 18.5 Å². The summed E-state index contributed by atoms with van der Waals surface area (Å²) in [6, 6.07) is 6.73. The van der Waals surface area contributed by atoms with Crippen LogP contribution in [0.1, 0.15) is 30.0 Å². The first kappa shape index (κ1) is 18.8. The fraction of sp³-hybridized carbons (Fsp3) is 0.421. The Kier molecular flexibility index (Phi) is 5.63. The predicted octanol–water partition coefficient (Wildman–Crippen LogP) is 1.46. The van der Waals surface area contributed by atoms with Crippen molar-refractivity contribution in [1.82, 2.24) is 15.1 Å². The first-order valence-electron chi connectivity index (χ1n) is 8.69. The quantitative estimate of drug-likeness (QED) is 0.753. The van der Waals surface area contributed by atoms with Gasteiger partial charge in [-0.1, -0.05) is 0 Å². The maximum absolute atomic E-state index is 12.3. The number of carbonyl (C=O) groups is 1. The van der Waals surface area contributed by atoms with E-state index in [1.165, 1.54) is 32.1 Å². The molecular weight excluding hydrogens is 350 g/mol. The third kappa shape index (κ3) is 4.39. The molecule has 8 heteroatoms. The standard InChI is InChI=1S/C19H23N3O5/c1-25-15-8-12(9-16(26-2)19(15)27-3)10-20-17(23)11-22-18(24)7-6-14(21-22)13-4-5-13/h6-9,13H,4-5,10-11H2,1-3H3,(H,20,23). The van der Waals surface area contributed by atoms with Crippen molar-refractivity contribution in [2.45, 2.75) is 31.8 Å². The van der Waals surface area contributed by atoms with E-state index in [9.17, 15) is 9.59 Å². The molecule has 1 heterocycles. The van der Waals surface area contributed by atoms with Crippen LogP contribution in [-0.4, -0.2) is 37.0 Å². The van der Waals surface area contributed by atoms with Crippen LogP contribution in [0.4, 0.5) is 0 Å². The molecule has 0 radical (unpaired) electrons. The highest BCUT2D eigenvalue weighted by Gasteiger charge is 2.25. The van der Waals surface area contributed by atoms with Gasteiger partial charge in [0.05, 0.1) is 27.0 Å². The lowest BCUT2D eigenvalue weighted by molar-refractivity contribution is -0.122. The molecule has 0 aliphatic heterocycles. The third-order valence-corrected chi connectivity index (χ3v) is 4.39. The number of hydrogen-bond donors (Lipinski definition) is 1. The van der Waals surface area contributed by atoms with Gasteiger partial charge in [0.2, 0.25) is 11.7 Å². The molecule has 8 nitrogen and oxygen atoms in total. The zero-order valence-electron chi connectivity index (χ0n) is 15.7. The maximum Gasteiger partial charge on any atom is 0.267 e. The number of hydrogen-bond acceptors (Lipinski definition) is 6. The molecule has 1 aromatic carbocycles. The second-order valence-corrected chi connectivity index (χ2v) is 6.34. The number of nitrogens with one attached hydrogen (secondary N) is 1. The molecule has 0 unspecified atom stereocenters. The Morgan fingerprint density at radius 1 is 1.15 bits per heavy atom. The lowest BCUT2D eigenvalue weighted by Crippen LogP contribution is -2.33. The van der Waals surface area contributed by atoms with Gasteiger partial charge in [0.25, 0.3) is 5.56 Å². The average molecular weight is 373 g/mol. The van der Waals surface area contributed by atoms with Gasteiger partial charge in [-0.3, -0.25) is 9.59 Å². The van der Waals surface area contributed by atoms with Crippen LogP contribution in [0.5, 0.6) is 17.2 Å². The van der Waals surface area contributed by atoms with Crippen LogP contribution >= 0.6 is 0 Å². The topological polar surface area (TPSA) is 91.7 Å². The van der Waals surface area contributed by atoms with E-state index in [4.69, 9.17) is 14.2 Å². The summed E-state index contributed by atoms with van der Waals surface area (Å²) in [4.78, 5) is 24.2. The zero-order chi connectivity index (χ0) is 19.4. The number of benzene rings is 1. The van der Waals surface area contributed by atoms with E-state index in [0.29, 0.717) is 23.2 Å². The Bertz CT molecular complexity index is 864. The largest absolute Gasteiger partial charge is 0.493 e.